The zero-order chi connectivity index (χ0) is 15.1. The van der Waals surface area contributed by atoms with Gasteiger partial charge in [0, 0.05) is 32.2 Å². The SMILES string of the molecule is CCCNC1CCN(C(=O)CCC2CCCO2)CC1CC. The minimum atomic E-state index is 0.331. The van der Waals surface area contributed by atoms with Crippen LogP contribution >= 0.6 is 0 Å². The summed E-state index contributed by atoms with van der Waals surface area (Å²) in [6.45, 7) is 8.27. The lowest BCUT2D eigenvalue weighted by Crippen LogP contribution is -2.51. The first-order valence-corrected chi connectivity index (χ1v) is 8.87. The molecule has 0 saturated carbocycles. The summed E-state index contributed by atoms with van der Waals surface area (Å²) in [6.07, 6.45) is 7.62. The van der Waals surface area contributed by atoms with Crippen LogP contribution in [0.15, 0.2) is 0 Å². The summed E-state index contributed by atoms with van der Waals surface area (Å²) < 4.78 is 5.61. The van der Waals surface area contributed by atoms with Crippen LogP contribution in [0.5, 0.6) is 0 Å². The fourth-order valence-corrected chi connectivity index (χ4v) is 3.59. The molecule has 3 atom stereocenters. The average molecular weight is 296 g/mol. The highest BCUT2D eigenvalue weighted by Gasteiger charge is 2.30. The molecule has 0 aliphatic carbocycles. The van der Waals surface area contributed by atoms with E-state index in [0.29, 0.717) is 30.4 Å². The first kappa shape index (κ1) is 16.8. The van der Waals surface area contributed by atoms with Crippen molar-refractivity contribution in [1.29, 1.82) is 0 Å². The van der Waals surface area contributed by atoms with Crippen molar-refractivity contribution in [3.8, 4) is 0 Å². The van der Waals surface area contributed by atoms with Crippen molar-refractivity contribution in [2.45, 2.75) is 70.9 Å². The third kappa shape index (κ3) is 4.96. The third-order valence-electron chi connectivity index (χ3n) is 4.97. The van der Waals surface area contributed by atoms with E-state index < -0.39 is 0 Å². The molecular weight excluding hydrogens is 264 g/mol. The molecule has 0 spiro atoms. The molecular formula is C17H32N2O2. The molecule has 2 saturated heterocycles. The van der Waals surface area contributed by atoms with E-state index in [1.165, 1.54) is 6.42 Å². The zero-order valence-corrected chi connectivity index (χ0v) is 13.8. The fraction of sp³-hybridized carbons (Fsp3) is 0.941. The van der Waals surface area contributed by atoms with Gasteiger partial charge in [-0.3, -0.25) is 4.79 Å². The number of carbonyl (C=O) groups excluding carboxylic acids is 1. The Morgan fingerprint density at radius 2 is 2.19 bits per heavy atom. The summed E-state index contributed by atoms with van der Waals surface area (Å²) in [5.41, 5.74) is 0. The largest absolute Gasteiger partial charge is 0.378 e. The number of likely N-dealkylation sites (tertiary alicyclic amines) is 1. The van der Waals surface area contributed by atoms with Gasteiger partial charge < -0.3 is 15.0 Å². The monoisotopic (exact) mass is 296 g/mol. The molecule has 0 aromatic rings. The van der Waals surface area contributed by atoms with Crippen LogP contribution in [-0.4, -0.2) is 49.2 Å². The molecule has 2 aliphatic heterocycles. The number of hydrogen-bond acceptors (Lipinski definition) is 3. The maximum Gasteiger partial charge on any atom is 0.222 e. The molecule has 4 nitrogen and oxygen atoms in total. The Bertz CT molecular complexity index is 316. The van der Waals surface area contributed by atoms with Gasteiger partial charge in [0.05, 0.1) is 6.10 Å². The molecule has 1 N–H and O–H groups in total. The Kier molecular flexibility index (Phi) is 6.97. The first-order chi connectivity index (χ1) is 10.2. The summed E-state index contributed by atoms with van der Waals surface area (Å²) in [4.78, 5) is 14.5. The lowest BCUT2D eigenvalue weighted by molar-refractivity contribution is -0.134. The number of nitrogens with zero attached hydrogens (tertiary/aromatic N) is 1. The van der Waals surface area contributed by atoms with Crippen molar-refractivity contribution in [1.82, 2.24) is 10.2 Å². The Labute approximate surface area is 129 Å². The maximum atomic E-state index is 12.4. The van der Waals surface area contributed by atoms with Crippen LogP contribution in [0, 0.1) is 5.92 Å². The van der Waals surface area contributed by atoms with Crippen LogP contribution in [-0.2, 0) is 9.53 Å². The summed E-state index contributed by atoms with van der Waals surface area (Å²) >= 11 is 0. The number of ether oxygens (including phenoxy) is 1. The Morgan fingerprint density at radius 3 is 2.86 bits per heavy atom. The van der Waals surface area contributed by atoms with E-state index >= 15 is 0 Å². The first-order valence-electron chi connectivity index (χ1n) is 8.87. The summed E-state index contributed by atoms with van der Waals surface area (Å²) in [5.74, 6) is 0.940. The molecule has 0 aromatic carbocycles. The van der Waals surface area contributed by atoms with Gasteiger partial charge >= 0.3 is 0 Å². The van der Waals surface area contributed by atoms with Crippen LogP contribution < -0.4 is 5.32 Å². The number of rotatable bonds is 7. The van der Waals surface area contributed by atoms with Crippen molar-refractivity contribution in [2.75, 3.05) is 26.2 Å². The van der Waals surface area contributed by atoms with Crippen molar-refractivity contribution >= 4 is 5.91 Å². The van der Waals surface area contributed by atoms with Crippen molar-refractivity contribution in [3.05, 3.63) is 0 Å². The zero-order valence-electron chi connectivity index (χ0n) is 13.8. The molecule has 0 radical (unpaired) electrons. The van der Waals surface area contributed by atoms with Gasteiger partial charge in [0.25, 0.3) is 0 Å². The fourth-order valence-electron chi connectivity index (χ4n) is 3.59. The number of carbonyl (C=O) groups is 1. The molecule has 0 aromatic heterocycles. The van der Waals surface area contributed by atoms with Gasteiger partial charge in [0.15, 0.2) is 0 Å². The van der Waals surface area contributed by atoms with Crippen molar-refractivity contribution in [3.63, 3.8) is 0 Å². The van der Waals surface area contributed by atoms with Crippen molar-refractivity contribution < 1.29 is 9.53 Å². The van der Waals surface area contributed by atoms with Crippen LogP contribution in [0.3, 0.4) is 0 Å². The minimum Gasteiger partial charge on any atom is -0.378 e. The predicted octanol–water partition coefficient (Wildman–Crippen LogP) is 2.57. The van der Waals surface area contributed by atoms with Crippen LogP contribution in [0.1, 0.15) is 58.8 Å². The normalized spacial score (nSPS) is 29.8. The van der Waals surface area contributed by atoms with Crippen LogP contribution in [0.4, 0.5) is 0 Å². The summed E-state index contributed by atoms with van der Waals surface area (Å²) in [7, 11) is 0. The molecule has 0 bridgehead atoms. The van der Waals surface area contributed by atoms with E-state index in [-0.39, 0.29) is 0 Å². The van der Waals surface area contributed by atoms with Gasteiger partial charge in [-0.2, -0.15) is 0 Å². The molecule has 2 rings (SSSR count). The molecule has 1 amide bonds. The number of piperidine rings is 1. The smallest absolute Gasteiger partial charge is 0.222 e. The highest BCUT2D eigenvalue weighted by molar-refractivity contribution is 5.76. The third-order valence-corrected chi connectivity index (χ3v) is 4.97. The molecule has 122 valence electrons. The van der Waals surface area contributed by atoms with E-state index in [4.69, 9.17) is 4.74 Å². The molecule has 2 fully saturated rings. The highest BCUT2D eigenvalue weighted by Crippen LogP contribution is 2.22. The molecule has 3 unspecified atom stereocenters. The molecule has 2 aliphatic rings. The maximum absolute atomic E-state index is 12.4. The molecule has 2 heterocycles. The van der Waals surface area contributed by atoms with E-state index in [1.807, 2.05) is 0 Å². The lowest BCUT2D eigenvalue weighted by atomic mass is 9.89. The van der Waals surface area contributed by atoms with Crippen LogP contribution in [0.25, 0.3) is 0 Å². The van der Waals surface area contributed by atoms with Gasteiger partial charge in [-0.25, -0.2) is 0 Å². The van der Waals surface area contributed by atoms with E-state index in [2.05, 4.69) is 24.1 Å². The van der Waals surface area contributed by atoms with Gasteiger partial charge in [-0.1, -0.05) is 20.3 Å². The van der Waals surface area contributed by atoms with E-state index in [1.54, 1.807) is 0 Å². The number of hydrogen-bond donors (Lipinski definition) is 1. The van der Waals surface area contributed by atoms with Crippen molar-refractivity contribution in [2.24, 2.45) is 5.92 Å². The second kappa shape index (κ2) is 8.74. The topological polar surface area (TPSA) is 41.6 Å². The molecule has 21 heavy (non-hydrogen) atoms. The Balaban J connectivity index is 1.74. The summed E-state index contributed by atoms with van der Waals surface area (Å²) in [6, 6.07) is 0.595. The van der Waals surface area contributed by atoms with E-state index in [0.717, 1.165) is 58.3 Å². The quantitative estimate of drug-likeness (QED) is 0.785. The van der Waals surface area contributed by atoms with E-state index in [9.17, 15) is 4.79 Å². The van der Waals surface area contributed by atoms with Gasteiger partial charge in [0.1, 0.15) is 0 Å². The van der Waals surface area contributed by atoms with Crippen LogP contribution in [0.2, 0.25) is 0 Å². The highest BCUT2D eigenvalue weighted by atomic mass is 16.5. The van der Waals surface area contributed by atoms with Gasteiger partial charge in [0.2, 0.25) is 5.91 Å². The number of nitrogens with one attached hydrogen (secondary N) is 1. The Hall–Kier alpha value is -0.610. The Morgan fingerprint density at radius 1 is 1.33 bits per heavy atom. The minimum absolute atomic E-state index is 0.331. The summed E-state index contributed by atoms with van der Waals surface area (Å²) in [5, 5.41) is 3.65. The second-order valence-electron chi connectivity index (χ2n) is 6.53. The van der Waals surface area contributed by atoms with Gasteiger partial charge in [-0.05, 0) is 44.6 Å². The second-order valence-corrected chi connectivity index (χ2v) is 6.53. The molecule has 4 heteroatoms. The average Bonchev–Trinajstić information content (AvgIpc) is 3.03. The predicted molar refractivity (Wildman–Crippen MR) is 85.3 cm³/mol. The lowest BCUT2D eigenvalue weighted by Gasteiger charge is -2.39. The number of amides is 1. The standard InChI is InChI=1S/C17H32N2O2/c1-3-10-18-16-9-11-19(13-14(16)4-2)17(20)8-7-15-6-5-12-21-15/h14-16,18H,3-13H2,1-2H3. The van der Waals surface area contributed by atoms with Gasteiger partial charge in [-0.15, -0.1) is 0 Å².